The highest BCUT2D eigenvalue weighted by molar-refractivity contribution is 7.18. The summed E-state index contributed by atoms with van der Waals surface area (Å²) in [5.41, 5.74) is 2.85. The van der Waals surface area contributed by atoms with Gasteiger partial charge in [0.15, 0.2) is 0 Å². The molecule has 2 aromatic heterocycles. The minimum absolute atomic E-state index is 0.197. The van der Waals surface area contributed by atoms with Crippen LogP contribution < -0.4 is 10.3 Å². The van der Waals surface area contributed by atoms with Crippen LogP contribution in [0.5, 0.6) is 5.75 Å². The van der Waals surface area contributed by atoms with Crippen molar-refractivity contribution in [1.82, 2.24) is 9.66 Å². The monoisotopic (exact) mass is 447 g/mol. The smallest absolute Gasteiger partial charge is 0.337 e. The fraction of sp³-hybridized carbons (Fsp3) is 0.167. The fourth-order valence-electron chi connectivity index (χ4n) is 3.17. The average molecular weight is 448 g/mol. The summed E-state index contributed by atoms with van der Waals surface area (Å²) in [7, 11) is 1.35. The van der Waals surface area contributed by atoms with Crippen LogP contribution in [0.15, 0.2) is 64.8 Å². The maximum Gasteiger partial charge on any atom is 0.337 e. The van der Waals surface area contributed by atoms with Crippen LogP contribution in [0.1, 0.15) is 31.9 Å². The molecule has 0 bridgehead atoms. The molecule has 0 radical (unpaired) electrons. The third kappa shape index (κ3) is 4.31. The molecule has 0 fully saturated rings. The van der Waals surface area contributed by atoms with Crippen LogP contribution in [0.4, 0.5) is 0 Å². The van der Waals surface area contributed by atoms with Crippen molar-refractivity contribution in [2.75, 3.05) is 7.11 Å². The molecule has 0 aliphatic carbocycles. The van der Waals surface area contributed by atoms with Crippen LogP contribution in [-0.4, -0.2) is 29.0 Å². The lowest BCUT2D eigenvalue weighted by Crippen LogP contribution is -2.17. The fourth-order valence-corrected chi connectivity index (χ4v) is 4.15. The Morgan fingerprint density at radius 2 is 1.91 bits per heavy atom. The van der Waals surface area contributed by atoms with E-state index in [-0.39, 0.29) is 11.5 Å². The Morgan fingerprint density at radius 1 is 1.16 bits per heavy atom. The van der Waals surface area contributed by atoms with Crippen molar-refractivity contribution in [2.45, 2.75) is 20.5 Å². The second-order valence-corrected chi connectivity index (χ2v) is 8.32. The van der Waals surface area contributed by atoms with Gasteiger partial charge in [-0.1, -0.05) is 24.3 Å². The summed E-state index contributed by atoms with van der Waals surface area (Å²) in [6, 6.07) is 14.4. The largest absolute Gasteiger partial charge is 0.488 e. The second kappa shape index (κ2) is 9.15. The van der Waals surface area contributed by atoms with Gasteiger partial charge in [0.25, 0.3) is 5.56 Å². The van der Waals surface area contributed by atoms with E-state index in [2.05, 4.69) is 10.1 Å². The molecule has 0 N–H and O–H groups in total. The molecule has 0 spiro atoms. The van der Waals surface area contributed by atoms with Crippen LogP contribution >= 0.6 is 11.3 Å². The van der Waals surface area contributed by atoms with Crippen molar-refractivity contribution in [3.8, 4) is 5.75 Å². The number of carbonyl (C=O) groups is 1. The molecule has 162 valence electrons. The van der Waals surface area contributed by atoms with Crippen LogP contribution in [0.3, 0.4) is 0 Å². The molecule has 7 nitrogen and oxygen atoms in total. The summed E-state index contributed by atoms with van der Waals surface area (Å²) in [4.78, 5) is 30.5. The molecule has 0 unspecified atom stereocenters. The van der Waals surface area contributed by atoms with Gasteiger partial charge in [-0.3, -0.25) is 4.79 Å². The maximum absolute atomic E-state index is 12.8. The zero-order chi connectivity index (χ0) is 22.7. The Labute approximate surface area is 188 Å². The highest BCUT2D eigenvalue weighted by Gasteiger charge is 2.12. The van der Waals surface area contributed by atoms with Crippen molar-refractivity contribution < 1.29 is 14.3 Å². The molecule has 0 saturated heterocycles. The van der Waals surface area contributed by atoms with Crippen LogP contribution in [-0.2, 0) is 11.3 Å². The lowest BCUT2D eigenvalue weighted by molar-refractivity contribution is 0.0600. The number of para-hydroxylation sites is 1. The summed E-state index contributed by atoms with van der Waals surface area (Å²) in [5.74, 6) is 0.243. The Balaban J connectivity index is 1.54. The third-order valence-electron chi connectivity index (χ3n) is 5.08. The molecular weight excluding hydrogens is 426 g/mol. The lowest BCUT2D eigenvalue weighted by Gasteiger charge is -2.09. The number of aromatic nitrogens is 2. The van der Waals surface area contributed by atoms with Gasteiger partial charge in [0.1, 0.15) is 23.5 Å². The summed E-state index contributed by atoms with van der Waals surface area (Å²) < 4.78 is 11.9. The molecular formula is C24H21N3O4S. The quantitative estimate of drug-likeness (QED) is 0.325. The number of rotatable bonds is 6. The van der Waals surface area contributed by atoms with E-state index in [0.29, 0.717) is 23.3 Å². The molecule has 4 aromatic rings. The van der Waals surface area contributed by atoms with Gasteiger partial charge >= 0.3 is 5.97 Å². The SMILES string of the molecule is COC(=O)c1ccc(COc2ccccc2/C=N\n2cnc3sc(C)c(C)c3c2=O)cc1. The normalized spacial score (nSPS) is 11.2. The number of fused-ring (bicyclic) bond motifs is 1. The van der Waals surface area contributed by atoms with Crippen molar-refractivity contribution in [2.24, 2.45) is 5.10 Å². The predicted molar refractivity (Wildman–Crippen MR) is 125 cm³/mol. The average Bonchev–Trinajstić information content (AvgIpc) is 3.11. The number of carbonyl (C=O) groups excluding carboxylic acids is 1. The molecule has 32 heavy (non-hydrogen) atoms. The van der Waals surface area contributed by atoms with Gasteiger partial charge in [0.2, 0.25) is 0 Å². The zero-order valence-electron chi connectivity index (χ0n) is 17.9. The first-order chi connectivity index (χ1) is 15.5. The van der Waals surface area contributed by atoms with Crippen LogP contribution in [0.2, 0.25) is 0 Å². The molecule has 8 heteroatoms. The van der Waals surface area contributed by atoms with Gasteiger partial charge in [-0.25, -0.2) is 9.78 Å². The zero-order valence-corrected chi connectivity index (χ0v) is 18.7. The van der Waals surface area contributed by atoms with Crippen LogP contribution in [0, 0.1) is 13.8 Å². The number of hydrogen-bond acceptors (Lipinski definition) is 7. The topological polar surface area (TPSA) is 82.8 Å². The molecule has 0 amide bonds. The van der Waals surface area contributed by atoms with Gasteiger partial charge in [0, 0.05) is 10.4 Å². The highest BCUT2D eigenvalue weighted by atomic mass is 32.1. The van der Waals surface area contributed by atoms with Crippen molar-refractivity contribution in [1.29, 1.82) is 0 Å². The van der Waals surface area contributed by atoms with E-state index in [0.717, 1.165) is 26.4 Å². The number of ether oxygens (including phenoxy) is 2. The van der Waals surface area contributed by atoms with Crippen LogP contribution in [0.25, 0.3) is 10.2 Å². The van der Waals surface area contributed by atoms with Crippen molar-refractivity contribution in [3.63, 3.8) is 0 Å². The summed E-state index contributed by atoms with van der Waals surface area (Å²) in [6.07, 6.45) is 3.02. The molecule has 2 heterocycles. The number of esters is 1. The van der Waals surface area contributed by atoms with E-state index in [1.165, 1.54) is 29.5 Å². The maximum atomic E-state index is 12.8. The molecule has 4 rings (SSSR count). The first kappa shape index (κ1) is 21.5. The second-order valence-electron chi connectivity index (χ2n) is 7.12. The standard InChI is InChI=1S/C24H21N3O4S/c1-15-16(2)32-22-21(15)23(28)27(14-25-22)26-12-19-6-4-5-7-20(19)31-13-17-8-10-18(11-9-17)24(29)30-3/h4-12,14H,13H2,1-3H3/b26-12-. The molecule has 0 aliphatic rings. The van der Waals surface area contributed by atoms with Crippen molar-refractivity contribution >= 4 is 33.7 Å². The Kier molecular flexibility index (Phi) is 6.13. The van der Waals surface area contributed by atoms with E-state index in [9.17, 15) is 9.59 Å². The van der Waals surface area contributed by atoms with E-state index in [1.807, 2.05) is 50.2 Å². The minimum Gasteiger partial charge on any atom is -0.488 e. The Bertz CT molecular complexity index is 1370. The van der Waals surface area contributed by atoms with Gasteiger partial charge in [-0.15, -0.1) is 11.3 Å². The number of nitrogens with zero attached hydrogens (tertiary/aromatic N) is 3. The Hall–Kier alpha value is -3.78. The van der Waals surface area contributed by atoms with E-state index in [4.69, 9.17) is 9.47 Å². The van der Waals surface area contributed by atoms with Crippen molar-refractivity contribution in [3.05, 3.63) is 92.3 Å². The summed E-state index contributed by atoms with van der Waals surface area (Å²) >= 11 is 1.50. The van der Waals surface area contributed by atoms with Gasteiger partial charge in [0.05, 0.1) is 24.3 Å². The molecule has 0 aliphatic heterocycles. The first-order valence-electron chi connectivity index (χ1n) is 9.88. The number of methoxy groups -OCH3 is 1. The van der Waals surface area contributed by atoms with E-state index < -0.39 is 0 Å². The first-order valence-corrected chi connectivity index (χ1v) is 10.7. The minimum atomic E-state index is -0.380. The predicted octanol–water partition coefficient (Wildman–Crippen LogP) is 4.32. The van der Waals surface area contributed by atoms with Gasteiger partial charge in [-0.05, 0) is 49.2 Å². The molecule has 0 atom stereocenters. The van der Waals surface area contributed by atoms with E-state index >= 15 is 0 Å². The summed E-state index contributed by atoms with van der Waals surface area (Å²) in [5, 5.41) is 4.93. The van der Waals surface area contributed by atoms with Gasteiger partial charge in [-0.2, -0.15) is 9.78 Å². The number of thiophene rings is 1. The molecule has 2 aromatic carbocycles. The van der Waals surface area contributed by atoms with Gasteiger partial charge < -0.3 is 9.47 Å². The highest BCUT2D eigenvalue weighted by Crippen LogP contribution is 2.25. The Morgan fingerprint density at radius 3 is 2.66 bits per heavy atom. The summed E-state index contributed by atoms with van der Waals surface area (Å²) in [6.45, 7) is 4.21. The number of aryl methyl sites for hydroxylation is 2. The number of hydrogen-bond donors (Lipinski definition) is 0. The molecule has 0 saturated carbocycles. The van der Waals surface area contributed by atoms with E-state index in [1.54, 1.807) is 18.3 Å². The lowest BCUT2D eigenvalue weighted by atomic mass is 10.1. The number of benzene rings is 2. The third-order valence-corrected chi connectivity index (χ3v) is 6.20.